The predicted octanol–water partition coefficient (Wildman–Crippen LogP) is 2.27. The van der Waals surface area contributed by atoms with Gasteiger partial charge in [-0.2, -0.15) is 0 Å². The van der Waals surface area contributed by atoms with E-state index in [2.05, 4.69) is 20.5 Å². The van der Waals surface area contributed by atoms with Crippen LogP contribution in [0.2, 0.25) is 0 Å². The predicted molar refractivity (Wildman–Crippen MR) is 106 cm³/mol. The number of benzene rings is 2. The Hall–Kier alpha value is -3.48. The third kappa shape index (κ3) is 5.51. The Bertz CT molecular complexity index is 986. The number of hydrogen-bond acceptors (Lipinski definition) is 5. The van der Waals surface area contributed by atoms with Crippen molar-refractivity contribution < 1.29 is 9.53 Å². The molecule has 3 aromatic rings. The number of aromatic nitrogens is 3. The molecule has 2 N–H and O–H groups in total. The quantitative estimate of drug-likeness (QED) is 0.586. The maximum atomic E-state index is 12.2. The van der Waals surface area contributed by atoms with Crippen LogP contribution in [0.4, 0.5) is 0 Å². The number of rotatable bonds is 8. The lowest BCUT2D eigenvalue weighted by Crippen LogP contribution is -2.29. The second-order valence-corrected chi connectivity index (χ2v) is 6.33. The zero-order valence-electron chi connectivity index (χ0n) is 15.6. The summed E-state index contributed by atoms with van der Waals surface area (Å²) < 4.78 is 5.51. The van der Waals surface area contributed by atoms with Crippen molar-refractivity contribution in [2.75, 3.05) is 13.2 Å². The van der Waals surface area contributed by atoms with Gasteiger partial charge in [-0.1, -0.05) is 42.0 Å². The Morgan fingerprint density at radius 2 is 1.93 bits per heavy atom. The van der Waals surface area contributed by atoms with E-state index in [-0.39, 0.29) is 30.0 Å². The van der Waals surface area contributed by atoms with Gasteiger partial charge in [-0.05, 0) is 25.1 Å². The smallest absolute Gasteiger partial charge is 0.273 e. The molecule has 1 heterocycles. The van der Waals surface area contributed by atoms with Crippen LogP contribution in [0.15, 0.2) is 59.4 Å². The second-order valence-electron chi connectivity index (χ2n) is 6.33. The largest absolute Gasteiger partial charge is 0.492 e. The summed E-state index contributed by atoms with van der Waals surface area (Å²) in [5.74, 6) is 1.01. The Balaban J connectivity index is 1.46. The lowest BCUT2D eigenvalue weighted by molar-refractivity contribution is -0.121. The van der Waals surface area contributed by atoms with Crippen molar-refractivity contribution in [1.29, 1.82) is 0 Å². The van der Waals surface area contributed by atoms with Gasteiger partial charge < -0.3 is 15.0 Å². The summed E-state index contributed by atoms with van der Waals surface area (Å²) in [4.78, 5) is 26.9. The van der Waals surface area contributed by atoms with Crippen molar-refractivity contribution in [3.05, 3.63) is 76.2 Å². The van der Waals surface area contributed by atoms with Gasteiger partial charge in [0.05, 0.1) is 6.54 Å². The third-order valence-corrected chi connectivity index (χ3v) is 4.08. The fourth-order valence-corrected chi connectivity index (χ4v) is 2.64. The number of nitrogens with one attached hydrogen (secondary N) is 2. The van der Waals surface area contributed by atoms with Gasteiger partial charge in [-0.15, -0.1) is 10.2 Å². The highest BCUT2D eigenvalue weighted by Crippen LogP contribution is 2.14. The first-order valence-electron chi connectivity index (χ1n) is 9.09. The highest BCUT2D eigenvalue weighted by Gasteiger charge is 2.09. The molecular weight excluding hydrogens is 356 g/mol. The van der Waals surface area contributed by atoms with Crippen molar-refractivity contribution in [2.45, 2.75) is 19.8 Å². The molecule has 28 heavy (non-hydrogen) atoms. The average molecular weight is 378 g/mol. The van der Waals surface area contributed by atoms with E-state index in [1.165, 1.54) is 0 Å². The molecule has 3 rings (SSSR count). The molecule has 0 radical (unpaired) electrons. The molecule has 0 atom stereocenters. The molecular formula is C21H22N4O3. The van der Waals surface area contributed by atoms with Crippen LogP contribution in [0.5, 0.6) is 5.75 Å². The molecule has 0 unspecified atom stereocenters. The average Bonchev–Trinajstić information content (AvgIpc) is 2.71. The summed E-state index contributed by atoms with van der Waals surface area (Å²) in [6.07, 6.45) is 0.384. The van der Waals surface area contributed by atoms with E-state index >= 15 is 0 Å². The number of amides is 1. The Kier molecular flexibility index (Phi) is 6.51. The van der Waals surface area contributed by atoms with Gasteiger partial charge in [0.1, 0.15) is 18.1 Å². The van der Waals surface area contributed by atoms with Gasteiger partial charge >= 0.3 is 0 Å². The minimum absolute atomic E-state index is 0.160. The Morgan fingerprint density at radius 1 is 1.11 bits per heavy atom. The van der Waals surface area contributed by atoms with Crippen LogP contribution < -0.4 is 15.6 Å². The number of para-hydroxylation sites is 1. The van der Waals surface area contributed by atoms with E-state index < -0.39 is 0 Å². The number of nitrogens with zero attached hydrogens (tertiary/aromatic N) is 2. The normalized spacial score (nSPS) is 10.5. The maximum Gasteiger partial charge on any atom is 0.273 e. The van der Waals surface area contributed by atoms with Crippen molar-refractivity contribution in [3.8, 4) is 17.1 Å². The minimum Gasteiger partial charge on any atom is -0.492 e. The highest BCUT2D eigenvalue weighted by molar-refractivity contribution is 5.76. The maximum absolute atomic E-state index is 12.2. The number of aromatic amines is 1. The zero-order chi connectivity index (χ0) is 19.8. The summed E-state index contributed by atoms with van der Waals surface area (Å²) in [5, 5.41) is 10.8. The molecule has 7 nitrogen and oxygen atoms in total. The molecule has 0 aliphatic carbocycles. The molecule has 1 aromatic heterocycles. The number of carbonyl (C=O) groups excluding carboxylic acids is 1. The topological polar surface area (TPSA) is 97.0 Å². The van der Waals surface area contributed by atoms with Gasteiger partial charge in [0, 0.05) is 18.4 Å². The molecule has 0 aliphatic heterocycles. The fourth-order valence-electron chi connectivity index (χ4n) is 2.64. The van der Waals surface area contributed by atoms with E-state index in [4.69, 9.17) is 4.74 Å². The molecule has 0 saturated heterocycles. The van der Waals surface area contributed by atoms with Gasteiger partial charge in [0.15, 0.2) is 5.82 Å². The first kappa shape index (κ1) is 19.3. The van der Waals surface area contributed by atoms with Crippen LogP contribution in [0.25, 0.3) is 11.4 Å². The summed E-state index contributed by atoms with van der Waals surface area (Å²) in [7, 11) is 0. The Morgan fingerprint density at radius 3 is 2.68 bits per heavy atom. The molecule has 1 amide bonds. The second kappa shape index (κ2) is 9.45. The molecule has 2 aromatic carbocycles. The molecule has 0 bridgehead atoms. The van der Waals surface area contributed by atoms with E-state index in [9.17, 15) is 9.59 Å². The van der Waals surface area contributed by atoms with Crippen LogP contribution in [0.1, 0.15) is 17.7 Å². The van der Waals surface area contributed by atoms with Crippen LogP contribution in [-0.4, -0.2) is 34.2 Å². The first-order chi connectivity index (χ1) is 13.6. The SMILES string of the molecule is Cc1cccc(-c2nnc(CCC(=O)NCCOc3ccccc3)c(=O)[nH]2)c1. The summed E-state index contributed by atoms with van der Waals surface area (Å²) in [5.41, 5.74) is 1.78. The van der Waals surface area contributed by atoms with E-state index in [0.717, 1.165) is 16.9 Å². The zero-order valence-corrected chi connectivity index (χ0v) is 15.6. The number of aryl methyl sites for hydroxylation is 2. The first-order valence-corrected chi connectivity index (χ1v) is 9.09. The van der Waals surface area contributed by atoms with Gasteiger partial charge in [-0.25, -0.2) is 0 Å². The molecule has 0 aliphatic rings. The third-order valence-electron chi connectivity index (χ3n) is 4.08. The number of hydrogen-bond donors (Lipinski definition) is 2. The lowest BCUT2D eigenvalue weighted by atomic mass is 10.1. The molecule has 0 fully saturated rings. The van der Waals surface area contributed by atoms with Crippen LogP contribution >= 0.6 is 0 Å². The molecule has 7 heteroatoms. The summed E-state index contributed by atoms with van der Waals surface area (Å²) in [6, 6.07) is 17.0. The minimum atomic E-state index is -0.327. The van der Waals surface area contributed by atoms with Crippen molar-refractivity contribution in [3.63, 3.8) is 0 Å². The van der Waals surface area contributed by atoms with Crippen molar-refractivity contribution >= 4 is 5.91 Å². The van der Waals surface area contributed by atoms with Crippen molar-refractivity contribution in [1.82, 2.24) is 20.5 Å². The van der Waals surface area contributed by atoms with Crippen LogP contribution in [-0.2, 0) is 11.2 Å². The van der Waals surface area contributed by atoms with Crippen LogP contribution in [0.3, 0.4) is 0 Å². The fraction of sp³-hybridized carbons (Fsp3) is 0.238. The van der Waals surface area contributed by atoms with Crippen molar-refractivity contribution in [2.24, 2.45) is 0 Å². The van der Waals surface area contributed by atoms with Gasteiger partial charge in [0.25, 0.3) is 5.56 Å². The monoisotopic (exact) mass is 378 g/mol. The molecule has 144 valence electrons. The Labute approximate surface area is 162 Å². The van der Waals surface area contributed by atoms with E-state index in [0.29, 0.717) is 19.0 Å². The van der Waals surface area contributed by atoms with E-state index in [1.807, 2.05) is 61.5 Å². The highest BCUT2D eigenvalue weighted by atomic mass is 16.5. The summed E-state index contributed by atoms with van der Waals surface area (Å²) in [6.45, 7) is 2.73. The summed E-state index contributed by atoms with van der Waals surface area (Å²) >= 11 is 0. The number of ether oxygens (including phenoxy) is 1. The van der Waals surface area contributed by atoms with Gasteiger partial charge in [-0.3, -0.25) is 9.59 Å². The van der Waals surface area contributed by atoms with Crippen LogP contribution in [0, 0.1) is 6.92 Å². The van der Waals surface area contributed by atoms with Gasteiger partial charge in [0.2, 0.25) is 5.91 Å². The lowest BCUT2D eigenvalue weighted by Gasteiger charge is -2.07. The molecule has 0 saturated carbocycles. The number of H-pyrrole nitrogens is 1. The number of carbonyl (C=O) groups is 1. The molecule has 0 spiro atoms. The van der Waals surface area contributed by atoms with E-state index in [1.54, 1.807) is 0 Å². The standard InChI is InChI=1S/C21H22N4O3/c1-15-6-5-7-16(14-15)20-23-21(27)18(24-25-20)10-11-19(26)22-12-13-28-17-8-3-2-4-9-17/h2-9,14H,10-13H2,1H3,(H,22,26)(H,23,25,27).